The number of rotatable bonds is 5. The van der Waals surface area contributed by atoms with E-state index >= 15 is 0 Å². The van der Waals surface area contributed by atoms with Crippen LogP contribution >= 0.6 is 0 Å². The number of carbonyl (C=O) groups excluding carboxylic acids is 2. The van der Waals surface area contributed by atoms with Gasteiger partial charge in [0.25, 0.3) is 5.69 Å². The Morgan fingerprint density at radius 3 is 2.29 bits per heavy atom. The Morgan fingerprint density at radius 2 is 1.71 bits per heavy atom. The van der Waals surface area contributed by atoms with Gasteiger partial charge in [0.1, 0.15) is 0 Å². The van der Waals surface area contributed by atoms with Gasteiger partial charge in [0.2, 0.25) is 5.78 Å². The van der Waals surface area contributed by atoms with E-state index < -0.39 is 17.0 Å². The highest BCUT2D eigenvalue weighted by Crippen LogP contribution is 2.22. The summed E-state index contributed by atoms with van der Waals surface area (Å²) in [4.78, 5) is 34.9. The van der Waals surface area contributed by atoms with E-state index in [1.165, 1.54) is 32.0 Å². The predicted molar refractivity (Wildman–Crippen MR) is 88.2 cm³/mol. The molecule has 0 aliphatic carbocycles. The summed E-state index contributed by atoms with van der Waals surface area (Å²) < 4.78 is 5.19. The van der Waals surface area contributed by atoms with Crippen LogP contribution in [0.4, 0.5) is 5.69 Å². The zero-order valence-corrected chi connectivity index (χ0v) is 13.6. The highest BCUT2D eigenvalue weighted by atomic mass is 16.6. The molecule has 2 rings (SSSR count). The van der Waals surface area contributed by atoms with E-state index in [4.69, 9.17) is 4.74 Å². The van der Waals surface area contributed by atoms with Crippen molar-refractivity contribution in [3.05, 3.63) is 74.8 Å². The van der Waals surface area contributed by atoms with Crippen LogP contribution in [0.3, 0.4) is 0 Å². The van der Waals surface area contributed by atoms with Gasteiger partial charge in [0, 0.05) is 17.2 Å². The van der Waals surface area contributed by atoms with Crippen molar-refractivity contribution in [2.24, 2.45) is 0 Å². The van der Waals surface area contributed by atoms with Crippen LogP contribution in [0.1, 0.15) is 38.8 Å². The molecule has 6 heteroatoms. The first-order valence-electron chi connectivity index (χ1n) is 7.37. The molecule has 2 aromatic rings. The van der Waals surface area contributed by atoms with Crippen molar-refractivity contribution in [1.82, 2.24) is 0 Å². The number of Topliss-reactive ketones (excluding diaryl/α,β-unsaturated/α-hetero) is 1. The number of benzene rings is 2. The second-order valence-corrected chi connectivity index (χ2v) is 5.48. The molecule has 0 fully saturated rings. The van der Waals surface area contributed by atoms with Gasteiger partial charge >= 0.3 is 5.97 Å². The molecule has 0 radical (unpaired) electrons. The summed E-state index contributed by atoms with van der Waals surface area (Å²) in [5.74, 6) is -1.09. The molecule has 2 aromatic carbocycles. The van der Waals surface area contributed by atoms with E-state index in [1.54, 1.807) is 24.3 Å². The molecule has 0 amide bonds. The molecule has 1 atom stereocenters. The van der Waals surface area contributed by atoms with Gasteiger partial charge in [0.05, 0.1) is 10.5 Å². The van der Waals surface area contributed by atoms with Gasteiger partial charge in [-0.25, -0.2) is 4.79 Å². The first-order valence-corrected chi connectivity index (χ1v) is 7.37. The number of hydrogen-bond donors (Lipinski definition) is 0. The normalized spacial score (nSPS) is 11.6. The number of aryl methyl sites for hydroxylation is 1. The zero-order valence-electron chi connectivity index (χ0n) is 13.6. The van der Waals surface area contributed by atoms with Crippen LogP contribution in [0.2, 0.25) is 0 Å². The van der Waals surface area contributed by atoms with Crippen molar-refractivity contribution in [2.75, 3.05) is 0 Å². The van der Waals surface area contributed by atoms with Crippen LogP contribution in [0, 0.1) is 24.0 Å². The van der Waals surface area contributed by atoms with E-state index in [-0.39, 0.29) is 22.6 Å². The molecule has 0 bridgehead atoms. The lowest BCUT2D eigenvalue weighted by Gasteiger charge is -2.13. The van der Waals surface area contributed by atoms with Gasteiger partial charge in [-0.1, -0.05) is 35.9 Å². The summed E-state index contributed by atoms with van der Waals surface area (Å²) in [6.45, 7) is 4.86. The molecule has 0 spiro atoms. The molecule has 24 heavy (non-hydrogen) atoms. The third kappa shape index (κ3) is 3.65. The number of ether oxygens (including phenoxy) is 1. The summed E-state index contributed by atoms with van der Waals surface area (Å²) in [5.41, 5.74) is 1.58. The number of carbonyl (C=O) groups is 2. The van der Waals surface area contributed by atoms with Crippen molar-refractivity contribution in [3.8, 4) is 0 Å². The van der Waals surface area contributed by atoms with Crippen LogP contribution in [0.5, 0.6) is 0 Å². The van der Waals surface area contributed by atoms with Gasteiger partial charge in [-0.2, -0.15) is 0 Å². The van der Waals surface area contributed by atoms with Crippen molar-refractivity contribution in [1.29, 1.82) is 0 Å². The Labute approximate surface area is 139 Å². The lowest BCUT2D eigenvalue weighted by molar-refractivity contribution is -0.385. The molecule has 6 nitrogen and oxygen atoms in total. The highest BCUT2D eigenvalue weighted by Gasteiger charge is 2.24. The molecule has 0 saturated heterocycles. The van der Waals surface area contributed by atoms with Crippen LogP contribution in [0.25, 0.3) is 0 Å². The van der Waals surface area contributed by atoms with E-state index in [0.717, 1.165) is 5.56 Å². The van der Waals surface area contributed by atoms with Crippen molar-refractivity contribution in [3.63, 3.8) is 0 Å². The van der Waals surface area contributed by atoms with Crippen LogP contribution in [0.15, 0.2) is 42.5 Å². The Balaban J connectivity index is 2.17. The number of ketones is 1. The van der Waals surface area contributed by atoms with Crippen molar-refractivity contribution < 1.29 is 19.2 Å². The average molecular weight is 327 g/mol. The molecule has 0 aliphatic heterocycles. The quantitative estimate of drug-likeness (QED) is 0.362. The molecule has 0 saturated carbocycles. The van der Waals surface area contributed by atoms with E-state index in [0.29, 0.717) is 5.56 Å². The zero-order chi connectivity index (χ0) is 17.9. The first kappa shape index (κ1) is 17.3. The highest BCUT2D eigenvalue weighted by molar-refractivity contribution is 6.01. The predicted octanol–water partition coefficient (Wildman–Crippen LogP) is 3.64. The maximum Gasteiger partial charge on any atom is 0.339 e. The second kappa shape index (κ2) is 7.04. The SMILES string of the molecule is Cc1ccc(C(=O)[C@H](C)OC(=O)c2cccc([N+](=O)[O-])c2C)cc1. The maximum absolute atomic E-state index is 12.3. The monoisotopic (exact) mass is 327 g/mol. The Hall–Kier alpha value is -3.02. The number of nitro groups is 1. The topological polar surface area (TPSA) is 86.5 Å². The maximum atomic E-state index is 12.3. The fourth-order valence-electron chi connectivity index (χ4n) is 2.27. The van der Waals surface area contributed by atoms with Gasteiger partial charge in [-0.15, -0.1) is 0 Å². The minimum absolute atomic E-state index is 0.0766. The third-order valence-corrected chi connectivity index (χ3v) is 3.71. The van der Waals surface area contributed by atoms with E-state index in [9.17, 15) is 19.7 Å². The lowest BCUT2D eigenvalue weighted by Crippen LogP contribution is -2.25. The number of esters is 1. The number of nitrogens with zero attached hydrogens (tertiary/aromatic N) is 1. The van der Waals surface area contributed by atoms with E-state index in [2.05, 4.69) is 0 Å². The molecular weight excluding hydrogens is 310 g/mol. The molecule has 0 aromatic heterocycles. The first-order chi connectivity index (χ1) is 11.3. The molecule has 0 heterocycles. The summed E-state index contributed by atoms with van der Waals surface area (Å²) >= 11 is 0. The average Bonchev–Trinajstić information content (AvgIpc) is 2.54. The van der Waals surface area contributed by atoms with Gasteiger partial charge in [0.15, 0.2) is 6.10 Å². The number of hydrogen-bond acceptors (Lipinski definition) is 5. The summed E-state index contributed by atoms with van der Waals surface area (Å²) in [6.07, 6.45) is -0.987. The van der Waals surface area contributed by atoms with Gasteiger partial charge < -0.3 is 4.74 Å². The van der Waals surface area contributed by atoms with Gasteiger partial charge in [-0.3, -0.25) is 14.9 Å². The lowest BCUT2D eigenvalue weighted by atomic mass is 10.0. The fraction of sp³-hybridized carbons (Fsp3) is 0.222. The molecule has 0 aliphatic rings. The van der Waals surface area contributed by atoms with Crippen LogP contribution < -0.4 is 0 Å². The summed E-state index contributed by atoms with van der Waals surface area (Å²) in [7, 11) is 0. The van der Waals surface area contributed by atoms with Crippen molar-refractivity contribution in [2.45, 2.75) is 26.9 Å². The molecule has 0 unspecified atom stereocenters. The Morgan fingerprint density at radius 1 is 1.08 bits per heavy atom. The second-order valence-electron chi connectivity index (χ2n) is 5.48. The Bertz CT molecular complexity index is 796. The fourth-order valence-corrected chi connectivity index (χ4v) is 2.27. The Kier molecular flexibility index (Phi) is 5.08. The van der Waals surface area contributed by atoms with Crippen molar-refractivity contribution >= 4 is 17.4 Å². The minimum atomic E-state index is -0.987. The largest absolute Gasteiger partial charge is 0.451 e. The molecular formula is C18H17NO5. The molecule has 124 valence electrons. The summed E-state index contributed by atoms with van der Waals surface area (Å²) in [5, 5.41) is 10.9. The minimum Gasteiger partial charge on any atom is -0.451 e. The summed E-state index contributed by atoms with van der Waals surface area (Å²) in [6, 6.07) is 11.1. The van der Waals surface area contributed by atoms with Gasteiger partial charge in [-0.05, 0) is 26.8 Å². The smallest absolute Gasteiger partial charge is 0.339 e. The van der Waals surface area contributed by atoms with Crippen LogP contribution in [-0.2, 0) is 4.74 Å². The number of nitro benzene ring substituents is 1. The van der Waals surface area contributed by atoms with Crippen LogP contribution in [-0.4, -0.2) is 22.8 Å². The standard InChI is InChI=1S/C18H17NO5/c1-11-7-9-14(10-8-11)17(20)13(3)24-18(21)15-5-4-6-16(12(15)2)19(22)23/h4-10,13H,1-3H3/t13-/m0/s1. The third-order valence-electron chi connectivity index (χ3n) is 3.71. The molecule has 0 N–H and O–H groups in total. The van der Waals surface area contributed by atoms with E-state index in [1.807, 2.05) is 6.92 Å².